The third-order valence-corrected chi connectivity index (χ3v) is 4.02. The molecular weight excluding hydrogens is 258 g/mol. The maximum absolute atomic E-state index is 11.8. The number of nitrogens with zero attached hydrogens (tertiary/aromatic N) is 1. The largest absolute Gasteiger partial charge is 0.481 e. The lowest BCUT2D eigenvalue weighted by molar-refractivity contribution is -0.137. The fourth-order valence-electron chi connectivity index (χ4n) is 2.91. The van der Waals surface area contributed by atoms with E-state index in [2.05, 4.69) is 10.2 Å². The van der Waals surface area contributed by atoms with Gasteiger partial charge in [0.05, 0.1) is 6.54 Å². The first-order valence-corrected chi connectivity index (χ1v) is 7.43. The van der Waals surface area contributed by atoms with Crippen molar-refractivity contribution < 1.29 is 14.7 Å². The van der Waals surface area contributed by atoms with Crippen LogP contribution < -0.4 is 11.1 Å². The van der Waals surface area contributed by atoms with Crippen molar-refractivity contribution in [3.05, 3.63) is 0 Å². The zero-order valence-electron chi connectivity index (χ0n) is 12.3. The molecule has 1 amide bonds. The van der Waals surface area contributed by atoms with E-state index in [1.165, 1.54) is 12.8 Å². The molecule has 0 bridgehead atoms. The summed E-state index contributed by atoms with van der Waals surface area (Å²) < 4.78 is 0. The molecule has 2 unspecified atom stereocenters. The number of hydrogen-bond acceptors (Lipinski definition) is 4. The van der Waals surface area contributed by atoms with Gasteiger partial charge < -0.3 is 16.2 Å². The fourth-order valence-corrected chi connectivity index (χ4v) is 2.91. The molecule has 0 aromatic rings. The molecule has 0 saturated heterocycles. The molecule has 20 heavy (non-hydrogen) atoms. The van der Waals surface area contributed by atoms with Crippen LogP contribution in [-0.2, 0) is 9.59 Å². The van der Waals surface area contributed by atoms with Crippen molar-refractivity contribution >= 4 is 11.9 Å². The van der Waals surface area contributed by atoms with Crippen molar-refractivity contribution in [2.75, 3.05) is 26.7 Å². The Morgan fingerprint density at radius 3 is 2.70 bits per heavy atom. The van der Waals surface area contributed by atoms with Crippen LogP contribution in [0.3, 0.4) is 0 Å². The molecule has 1 rings (SSSR count). The van der Waals surface area contributed by atoms with E-state index in [1.807, 2.05) is 7.05 Å². The summed E-state index contributed by atoms with van der Waals surface area (Å²) in [5.41, 5.74) is 5.81. The summed E-state index contributed by atoms with van der Waals surface area (Å²) in [5.74, 6) is -0.392. The second-order valence-corrected chi connectivity index (χ2v) is 5.61. The first-order valence-electron chi connectivity index (χ1n) is 7.43. The molecule has 0 spiro atoms. The van der Waals surface area contributed by atoms with Crippen molar-refractivity contribution in [1.82, 2.24) is 10.2 Å². The maximum Gasteiger partial charge on any atom is 0.303 e. The highest BCUT2D eigenvalue weighted by molar-refractivity contribution is 5.78. The topological polar surface area (TPSA) is 95.7 Å². The summed E-state index contributed by atoms with van der Waals surface area (Å²) in [6, 6.07) is 0.388. The summed E-state index contributed by atoms with van der Waals surface area (Å²) in [6.07, 6.45) is 5.24. The number of carbonyl (C=O) groups is 2. The van der Waals surface area contributed by atoms with E-state index in [1.54, 1.807) is 0 Å². The normalized spacial score (nSPS) is 22.8. The van der Waals surface area contributed by atoms with Gasteiger partial charge in [0.2, 0.25) is 5.91 Å². The Balaban J connectivity index is 2.27. The number of amides is 1. The number of nitrogens with two attached hydrogens (primary N) is 1. The highest BCUT2D eigenvalue weighted by Crippen LogP contribution is 2.26. The molecule has 0 radical (unpaired) electrons. The van der Waals surface area contributed by atoms with Gasteiger partial charge in [-0.3, -0.25) is 14.5 Å². The third-order valence-electron chi connectivity index (χ3n) is 4.02. The number of likely N-dealkylation sites (N-methyl/N-ethyl adjacent to an activating group) is 1. The Morgan fingerprint density at radius 1 is 1.35 bits per heavy atom. The fraction of sp³-hybridized carbons (Fsp3) is 0.857. The molecule has 0 aromatic carbocycles. The minimum absolute atomic E-state index is 0.0424. The van der Waals surface area contributed by atoms with E-state index in [9.17, 15) is 9.59 Å². The molecule has 1 fully saturated rings. The lowest BCUT2D eigenvalue weighted by Gasteiger charge is -2.37. The molecule has 0 aromatic heterocycles. The van der Waals surface area contributed by atoms with Gasteiger partial charge in [0.15, 0.2) is 0 Å². The summed E-state index contributed by atoms with van der Waals surface area (Å²) in [4.78, 5) is 24.3. The van der Waals surface area contributed by atoms with E-state index in [-0.39, 0.29) is 12.3 Å². The molecule has 116 valence electrons. The lowest BCUT2D eigenvalue weighted by atomic mass is 9.84. The van der Waals surface area contributed by atoms with Gasteiger partial charge in [-0.15, -0.1) is 0 Å². The van der Waals surface area contributed by atoms with Crippen LogP contribution in [-0.4, -0.2) is 54.6 Å². The zero-order chi connectivity index (χ0) is 15.0. The molecule has 1 aliphatic rings. The second kappa shape index (κ2) is 8.92. The first-order chi connectivity index (χ1) is 9.54. The van der Waals surface area contributed by atoms with Gasteiger partial charge in [-0.05, 0) is 38.8 Å². The van der Waals surface area contributed by atoms with Crippen molar-refractivity contribution in [1.29, 1.82) is 0 Å². The first kappa shape index (κ1) is 16.9. The van der Waals surface area contributed by atoms with E-state index in [4.69, 9.17) is 10.8 Å². The molecule has 0 aliphatic heterocycles. The van der Waals surface area contributed by atoms with Crippen LogP contribution in [0, 0.1) is 5.92 Å². The van der Waals surface area contributed by atoms with Gasteiger partial charge in [-0.25, -0.2) is 0 Å². The Bertz CT molecular complexity index is 323. The van der Waals surface area contributed by atoms with E-state index >= 15 is 0 Å². The Morgan fingerprint density at radius 2 is 2.05 bits per heavy atom. The van der Waals surface area contributed by atoms with Crippen LogP contribution in [0.1, 0.15) is 38.5 Å². The van der Waals surface area contributed by atoms with Gasteiger partial charge in [0.25, 0.3) is 0 Å². The highest BCUT2D eigenvalue weighted by Gasteiger charge is 2.27. The van der Waals surface area contributed by atoms with Crippen molar-refractivity contribution in [2.24, 2.45) is 11.7 Å². The smallest absolute Gasteiger partial charge is 0.303 e. The van der Waals surface area contributed by atoms with Crippen LogP contribution >= 0.6 is 0 Å². The number of carboxylic acids is 1. The van der Waals surface area contributed by atoms with Gasteiger partial charge in [-0.1, -0.05) is 12.8 Å². The third kappa shape index (κ3) is 5.88. The average Bonchev–Trinajstić information content (AvgIpc) is 2.43. The van der Waals surface area contributed by atoms with Crippen LogP contribution in [0.25, 0.3) is 0 Å². The minimum Gasteiger partial charge on any atom is -0.481 e. The Labute approximate surface area is 120 Å². The number of hydrogen-bond donors (Lipinski definition) is 3. The molecule has 2 atom stereocenters. The lowest BCUT2D eigenvalue weighted by Crippen LogP contribution is -2.47. The van der Waals surface area contributed by atoms with E-state index in [0.717, 1.165) is 12.8 Å². The van der Waals surface area contributed by atoms with Gasteiger partial charge in [0, 0.05) is 19.0 Å². The number of carbonyl (C=O) groups excluding carboxylic acids is 1. The SMILES string of the molecule is CN(CC(=O)NCCCC(=O)O)C1CCCCC1CN. The molecule has 1 aliphatic carbocycles. The number of nitrogens with one attached hydrogen (secondary N) is 1. The number of rotatable bonds is 8. The molecule has 0 heterocycles. The second-order valence-electron chi connectivity index (χ2n) is 5.61. The van der Waals surface area contributed by atoms with Crippen molar-refractivity contribution in [3.63, 3.8) is 0 Å². The highest BCUT2D eigenvalue weighted by atomic mass is 16.4. The van der Waals surface area contributed by atoms with Crippen molar-refractivity contribution in [2.45, 2.75) is 44.6 Å². The van der Waals surface area contributed by atoms with Crippen LogP contribution in [0.5, 0.6) is 0 Å². The maximum atomic E-state index is 11.8. The summed E-state index contributed by atoms with van der Waals surface area (Å²) in [7, 11) is 1.97. The van der Waals surface area contributed by atoms with Gasteiger partial charge >= 0.3 is 5.97 Å². The zero-order valence-corrected chi connectivity index (χ0v) is 12.3. The molecule has 1 saturated carbocycles. The summed E-state index contributed by atoms with van der Waals surface area (Å²) in [6.45, 7) is 1.45. The van der Waals surface area contributed by atoms with Crippen molar-refractivity contribution in [3.8, 4) is 0 Å². The number of carboxylic acid groups (broad SMARTS) is 1. The Kier molecular flexibility index (Phi) is 7.54. The predicted octanol–water partition coefficient (Wildman–Crippen LogP) is 0.417. The van der Waals surface area contributed by atoms with Crippen LogP contribution in [0.2, 0.25) is 0 Å². The molecule has 6 nitrogen and oxygen atoms in total. The summed E-state index contributed by atoms with van der Waals surface area (Å²) >= 11 is 0. The number of aliphatic carboxylic acids is 1. The molecule has 6 heteroatoms. The van der Waals surface area contributed by atoms with Crippen LogP contribution in [0.15, 0.2) is 0 Å². The van der Waals surface area contributed by atoms with E-state index in [0.29, 0.717) is 38.0 Å². The standard InChI is InChI=1S/C14H27N3O3/c1-17(12-6-3-2-5-11(12)9-15)10-13(18)16-8-4-7-14(19)20/h11-12H,2-10,15H2,1H3,(H,16,18)(H,19,20). The minimum atomic E-state index is -0.829. The van der Waals surface area contributed by atoms with E-state index < -0.39 is 5.97 Å². The van der Waals surface area contributed by atoms with Gasteiger partial charge in [0.1, 0.15) is 0 Å². The van der Waals surface area contributed by atoms with Crippen LogP contribution in [0.4, 0.5) is 0 Å². The average molecular weight is 285 g/mol. The summed E-state index contributed by atoms with van der Waals surface area (Å²) in [5, 5.41) is 11.3. The quantitative estimate of drug-likeness (QED) is 0.562. The van der Waals surface area contributed by atoms with Gasteiger partial charge in [-0.2, -0.15) is 0 Å². The molecule has 4 N–H and O–H groups in total. The Hall–Kier alpha value is -1.14. The monoisotopic (exact) mass is 285 g/mol. The molecular formula is C14H27N3O3. The predicted molar refractivity (Wildman–Crippen MR) is 77.3 cm³/mol.